The molecule has 0 heterocycles. The van der Waals surface area contributed by atoms with Crippen molar-refractivity contribution >= 4 is 10.8 Å². The van der Waals surface area contributed by atoms with Gasteiger partial charge in [0.25, 0.3) is 0 Å². The van der Waals surface area contributed by atoms with E-state index in [1.54, 1.807) is 18.2 Å². The fraction of sp³-hybridized carbons (Fsp3) is 0.143. The Labute approximate surface area is 139 Å². The van der Waals surface area contributed by atoms with Gasteiger partial charge in [-0.25, -0.2) is 8.78 Å². The number of terminal acetylenes is 1. The van der Waals surface area contributed by atoms with Gasteiger partial charge in [0.15, 0.2) is 11.6 Å². The predicted octanol–water partition coefficient (Wildman–Crippen LogP) is 4.63. The Morgan fingerprint density at radius 3 is 2.46 bits per heavy atom. The smallest absolute Gasteiger partial charge is 0.166 e. The van der Waals surface area contributed by atoms with Crippen molar-refractivity contribution in [1.82, 2.24) is 0 Å². The highest BCUT2D eigenvalue weighted by Gasteiger charge is 2.13. The molecule has 0 amide bonds. The summed E-state index contributed by atoms with van der Waals surface area (Å²) < 4.78 is 28.0. The fourth-order valence-electron chi connectivity index (χ4n) is 2.74. The lowest BCUT2D eigenvalue weighted by atomic mass is 9.97. The Kier molecular flexibility index (Phi) is 4.33. The topological polar surface area (TPSA) is 20.2 Å². The average Bonchev–Trinajstić information content (AvgIpc) is 2.59. The van der Waals surface area contributed by atoms with Crippen molar-refractivity contribution in [3.63, 3.8) is 0 Å². The maximum Gasteiger partial charge on any atom is 0.166 e. The SMILES string of the molecule is C#CC(O)Cc1ccc2cc(-c3ccc(C)c(F)c3F)ccc2c1. The van der Waals surface area contributed by atoms with Crippen LogP contribution in [0.4, 0.5) is 8.78 Å². The molecule has 3 heteroatoms. The second kappa shape index (κ2) is 6.43. The molecule has 0 aliphatic heterocycles. The standard InChI is InChI=1S/C21H16F2O/c1-3-18(24)11-14-5-6-16-12-17(8-7-15(16)10-14)19-9-4-13(2)20(22)21(19)23/h1,4-10,12,18,24H,11H2,2H3. The molecule has 0 aromatic heterocycles. The van der Waals surface area contributed by atoms with E-state index in [2.05, 4.69) is 5.92 Å². The van der Waals surface area contributed by atoms with Crippen LogP contribution < -0.4 is 0 Å². The fourth-order valence-corrected chi connectivity index (χ4v) is 2.74. The number of rotatable bonds is 3. The minimum absolute atomic E-state index is 0.242. The van der Waals surface area contributed by atoms with Crippen LogP contribution in [0.3, 0.4) is 0 Å². The quantitative estimate of drug-likeness (QED) is 0.697. The molecule has 3 aromatic rings. The van der Waals surface area contributed by atoms with Crippen molar-refractivity contribution in [2.75, 3.05) is 0 Å². The van der Waals surface area contributed by atoms with Crippen LogP contribution in [-0.2, 0) is 6.42 Å². The van der Waals surface area contributed by atoms with Gasteiger partial charge in [-0.3, -0.25) is 0 Å². The Morgan fingerprint density at radius 2 is 1.71 bits per heavy atom. The summed E-state index contributed by atoms with van der Waals surface area (Å²) in [5.41, 5.74) is 2.07. The molecule has 120 valence electrons. The number of halogens is 2. The lowest BCUT2D eigenvalue weighted by Crippen LogP contribution is -2.06. The molecule has 1 N–H and O–H groups in total. The highest BCUT2D eigenvalue weighted by Crippen LogP contribution is 2.29. The number of benzene rings is 3. The van der Waals surface area contributed by atoms with E-state index in [0.29, 0.717) is 12.0 Å². The number of hydrogen-bond donors (Lipinski definition) is 1. The van der Waals surface area contributed by atoms with Gasteiger partial charge < -0.3 is 5.11 Å². The first-order chi connectivity index (χ1) is 11.5. The molecular formula is C21H16F2O. The van der Waals surface area contributed by atoms with Gasteiger partial charge >= 0.3 is 0 Å². The van der Waals surface area contributed by atoms with Crippen LogP contribution in [0.15, 0.2) is 48.5 Å². The van der Waals surface area contributed by atoms with Crippen molar-refractivity contribution < 1.29 is 13.9 Å². The van der Waals surface area contributed by atoms with Gasteiger partial charge in [0.1, 0.15) is 6.10 Å². The number of hydrogen-bond acceptors (Lipinski definition) is 1. The second-order valence-electron chi connectivity index (χ2n) is 5.84. The van der Waals surface area contributed by atoms with E-state index in [9.17, 15) is 13.9 Å². The number of aliphatic hydroxyl groups excluding tert-OH is 1. The Bertz CT molecular complexity index is 954. The first kappa shape index (κ1) is 16.2. The summed E-state index contributed by atoms with van der Waals surface area (Å²) >= 11 is 0. The zero-order valence-electron chi connectivity index (χ0n) is 13.2. The molecule has 0 aliphatic rings. The lowest BCUT2D eigenvalue weighted by Gasteiger charge is -2.09. The van der Waals surface area contributed by atoms with Crippen LogP contribution >= 0.6 is 0 Å². The summed E-state index contributed by atoms with van der Waals surface area (Å²) in [4.78, 5) is 0. The molecule has 1 atom stereocenters. The first-order valence-corrected chi connectivity index (χ1v) is 7.61. The number of fused-ring (bicyclic) bond motifs is 1. The van der Waals surface area contributed by atoms with E-state index < -0.39 is 17.7 Å². The van der Waals surface area contributed by atoms with Crippen LogP contribution in [0.1, 0.15) is 11.1 Å². The van der Waals surface area contributed by atoms with Crippen molar-refractivity contribution in [2.45, 2.75) is 19.4 Å². The summed E-state index contributed by atoms with van der Waals surface area (Å²) in [5, 5.41) is 11.4. The largest absolute Gasteiger partial charge is 0.380 e. The van der Waals surface area contributed by atoms with Gasteiger partial charge in [0.05, 0.1) is 0 Å². The molecule has 0 radical (unpaired) electrons. The molecule has 1 unspecified atom stereocenters. The Morgan fingerprint density at radius 1 is 1.00 bits per heavy atom. The normalized spacial score (nSPS) is 12.1. The molecule has 0 saturated heterocycles. The summed E-state index contributed by atoms with van der Waals surface area (Å²) in [5.74, 6) is 0.642. The third-order valence-corrected chi connectivity index (χ3v) is 4.11. The third-order valence-electron chi connectivity index (χ3n) is 4.11. The van der Waals surface area contributed by atoms with E-state index in [-0.39, 0.29) is 11.1 Å². The van der Waals surface area contributed by atoms with E-state index in [1.807, 2.05) is 30.3 Å². The van der Waals surface area contributed by atoms with Gasteiger partial charge in [-0.05, 0) is 40.5 Å². The van der Waals surface area contributed by atoms with Crippen LogP contribution in [-0.4, -0.2) is 11.2 Å². The molecule has 0 saturated carbocycles. The van der Waals surface area contributed by atoms with E-state index in [0.717, 1.165) is 16.3 Å². The Balaban J connectivity index is 2.02. The highest BCUT2D eigenvalue weighted by molar-refractivity contribution is 5.88. The molecule has 0 fully saturated rings. The van der Waals surface area contributed by atoms with Crippen molar-refractivity contribution in [3.05, 3.63) is 71.3 Å². The molecule has 1 nitrogen and oxygen atoms in total. The van der Waals surface area contributed by atoms with E-state index >= 15 is 0 Å². The minimum Gasteiger partial charge on any atom is -0.380 e. The molecule has 0 bridgehead atoms. The van der Waals surface area contributed by atoms with E-state index in [4.69, 9.17) is 6.42 Å². The lowest BCUT2D eigenvalue weighted by molar-refractivity contribution is 0.233. The third kappa shape index (κ3) is 3.02. The molecule has 0 spiro atoms. The zero-order chi connectivity index (χ0) is 17.3. The highest BCUT2D eigenvalue weighted by atomic mass is 19.2. The number of aliphatic hydroxyl groups is 1. The molecular weight excluding hydrogens is 306 g/mol. The second-order valence-corrected chi connectivity index (χ2v) is 5.84. The van der Waals surface area contributed by atoms with Crippen LogP contribution in [0.5, 0.6) is 0 Å². The minimum atomic E-state index is -0.830. The molecule has 3 rings (SSSR count). The van der Waals surface area contributed by atoms with Gasteiger partial charge in [-0.1, -0.05) is 48.4 Å². The summed E-state index contributed by atoms with van der Waals surface area (Å²) in [6.45, 7) is 1.54. The summed E-state index contributed by atoms with van der Waals surface area (Å²) in [6.07, 6.45) is 4.75. The Hall–Kier alpha value is -2.70. The van der Waals surface area contributed by atoms with E-state index in [1.165, 1.54) is 6.92 Å². The average molecular weight is 322 g/mol. The maximum atomic E-state index is 14.2. The van der Waals surface area contributed by atoms with Gasteiger partial charge in [-0.15, -0.1) is 6.42 Å². The first-order valence-electron chi connectivity index (χ1n) is 7.61. The monoisotopic (exact) mass is 322 g/mol. The van der Waals surface area contributed by atoms with Crippen molar-refractivity contribution in [2.24, 2.45) is 0 Å². The van der Waals surface area contributed by atoms with Crippen LogP contribution in [0, 0.1) is 30.9 Å². The van der Waals surface area contributed by atoms with Gasteiger partial charge in [0.2, 0.25) is 0 Å². The summed E-state index contributed by atoms with van der Waals surface area (Å²) in [6, 6.07) is 14.3. The molecule has 0 aliphatic carbocycles. The van der Waals surface area contributed by atoms with Crippen molar-refractivity contribution in [3.8, 4) is 23.5 Å². The number of aryl methyl sites for hydroxylation is 1. The van der Waals surface area contributed by atoms with Crippen LogP contribution in [0.25, 0.3) is 21.9 Å². The summed E-state index contributed by atoms with van der Waals surface area (Å²) in [7, 11) is 0. The predicted molar refractivity (Wildman–Crippen MR) is 92.6 cm³/mol. The van der Waals surface area contributed by atoms with Crippen molar-refractivity contribution in [1.29, 1.82) is 0 Å². The maximum absolute atomic E-state index is 14.2. The van der Waals surface area contributed by atoms with Crippen LogP contribution in [0.2, 0.25) is 0 Å². The van der Waals surface area contributed by atoms with Gasteiger partial charge in [-0.2, -0.15) is 0 Å². The molecule has 3 aromatic carbocycles. The zero-order valence-corrected chi connectivity index (χ0v) is 13.2. The molecule has 24 heavy (non-hydrogen) atoms. The van der Waals surface area contributed by atoms with Gasteiger partial charge in [0, 0.05) is 12.0 Å².